The van der Waals surface area contributed by atoms with Gasteiger partial charge in [0.15, 0.2) is 0 Å². The Morgan fingerprint density at radius 3 is 2.40 bits per heavy atom. The Hall–Kier alpha value is -1.95. The highest BCUT2D eigenvalue weighted by Gasteiger charge is 2.22. The van der Waals surface area contributed by atoms with E-state index in [-0.39, 0.29) is 23.6 Å². The second-order valence-corrected chi connectivity index (χ2v) is 5.35. The minimum Gasteiger partial charge on any atom is -0.465 e. The molecule has 1 aromatic rings. The van der Waals surface area contributed by atoms with Gasteiger partial charge in [0, 0.05) is 18.8 Å². The van der Waals surface area contributed by atoms with E-state index in [1.807, 2.05) is 20.8 Å². The molecule has 6 heteroatoms. The molecule has 0 saturated carbocycles. The van der Waals surface area contributed by atoms with Gasteiger partial charge in [-0.25, -0.2) is 4.79 Å². The number of rotatable bonds is 4. The third-order valence-corrected chi connectivity index (χ3v) is 2.39. The van der Waals surface area contributed by atoms with Crippen molar-refractivity contribution in [2.75, 3.05) is 14.2 Å². The van der Waals surface area contributed by atoms with Crippen LogP contribution in [0.2, 0.25) is 0 Å². The Morgan fingerprint density at radius 1 is 1.25 bits per heavy atom. The van der Waals surface area contributed by atoms with E-state index in [2.05, 4.69) is 15.0 Å². The summed E-state index contributed by atoms with van der Waals surface area (Å²) in [7, 11) is 2.79. The molecule has 0 radical (unpaired) electrons. The average molecular weight is 280 g/mol. The fourth-order valence-corrected chi connectivity index (χ4v) is 1.59. The second kappa shape index (κ2) is 6.47. The molecule has 0 bridgehead atoms. The third-order valence-electron chi connectivity index (χ3n) is 2.39. The van der Waals surface area contributed by atoms with E-state index in [4.69, 9.17) is 4.74 Å². The van der Waals surface area contributed by atoms with Crippen molar-refractivity contribution in [3.05, 3.63) is 29.1 Å². The SMILES string of the molecule is COCc1cc(C(=O)NC(C)(C)C)c(C(=O)OC)cn1. The van der Waals surface area contributed by atoms with E-state index in [1.54, 1.807) is 0 Å². The summed E-state index contributed by atoms with van der Waals surface area (Å²) in [5, 5.41) is 2.81. The van der Waals surface area contributed by atoms with E-state index < -0.39 is 11.5 Å². The molecule has 0 fully saturated rings. The number of hydrogen-bond acceptors (Lipinski definition) is 5. The van der Waals surface area contributed by atoms with Crippen LogP contribution in [-0.4, -0.2) is 36.6 Å². The van der Waals surface area contributed by atoms with Gasteiger partial charge in [-0.05, 0) is 26.8 Å². The molecule has 0 aliphatic rings. The summed E-state index contributed by atoms with van der Waals surface area (Å²) in [5.74, 6) is -0.946. The van der Waals surface area contributed by atoms with Crippen LogP contribution in [0.5, 0.6) is 0 Å². The molecule has 110 valence electrons. The molecule has 1 aromatic heterocycles. The number of ether oxygens (including phenoxy) is 2. The van der Waals surface area contributed by atoms with Crippen molar-refractivity contribution in [1.29, 1.82) is 0 Å². The third kappa shape index (κ3) is 4.31. The van der Waals surface area contributed by atoms with E-state index in [9.17, 15) is 9.59 Å². The number of pyridine rings is 1. The maximum absolute atomic E-state index is 12.3. The Balaban J connectivity index is 3.20. The topological polar surface area (TPSA) is 77.5 Å². The summed E-state index contributed by atoms with van der Waals surface area (Å²) < 4.78 is 9.65. The van der Waals surface area contributed by atoms with Crippen molar-refractivity contribution in [2.45, 2.75) is 32.9 Å². The van der Waals surface area contributed by atoms with Crippen LogP contribution >= 0.6 is 0 Å². The lowest BCUT2D eigenvalue weighted by Crippen LogP contribution is -2.41. The molecule has 1 heterocycles. The number of hydrogen-bond donors (Lipinski definition) is 1. The van der Waals surface area contributed by atoms with Crippen molar-refractivity contribution in [3.63, 3.8) is 0 Å². The fourth-order valence-electron chi connectivity index (χ4n) is 1.59. The average Bonchev–Trinajstić information content (AvgIpc) is 2.36. The van der Waals surface area contributed by atoms with Gasteiger partial charge in [-0.1, -0.05) is 0 Å². The van der Waals surface area contributed by atoms with E-state index in [0.717, 1.165) is 0 Å². The zero-order valence-electron chi connectivity index (χ0n) is 12.4. The monoisotopic (exact) mass is 280 g/mol. The highest BCUT2D eigenvalue weighted by molar-refractivity contribution is 6.05. The molecule has 1 amide bonds. The van der Waals surface area contributed by atoms with Crippen molar-refractivity contribution in [2.24, 2.45) is 0 Å². The second-order valence-electron chi connectivity index (χ2n) is 5.35. The molecule has 0 spiro atoms. The van der Waals surface area contributed by atoms with Crippen LogP contribution < -0.4 is 5.32 Å². The maximum Gasteiger partial charge on any atom is 0.340 e. The first-order chi connectivity index (χ1) is 9.28. The van der Waals surface area contributed by atoms with Crippen LogP contribution in [0.15, 0.2) is 12.3 Å². The maximum atomic E-state index is 12.3. The molecule has 0 saturated heterocycles. The summed E-state index contributed by atoms with van der Waals surface area (Å²) in [6.45, 7) is 5.84. The van der Waals surface area contributed by atoms with Gasteiger partial charge < -0.3 is 14.8 Å². The molecule has 6 nitrogen and oxygen atoms in total. The molecule has 20 heavy (non-hydrogen) atoms. The standard InChI is InChI=1S/C14H20N2O4/c1-14(2,3)16-12(17)10-6-9(8-19-4)15-7-11(10)13(18)20-5/h6-7H,8H2,1-5H3,(H,16,17). The number of amides is 1. The lowest BCUT2D eigenvalue weighted by atomic mass is 10.0. The van der Waals surface area contributed by atoms with E-state index >= 15 is 0 Å². The molecular formula is C14H20N2O4. The van der Waals surface area contributed by atoms with Gasteiger partial charge in [0.2, 0.25) is 0 Å². The molecule has 0 unspecified atom stereocenters. The Morgan fingerprint density at radius 2 is 1.90 bits per heavy atom. The van der Waals surface area contributed by atoms with Crippen molar-refractivity contribution < 1.29 is 19.1 Å². The molecule has 1 rings (SSSR count). The summed E-state index contributed by atoms with van der Waals surface area (Å²) in [5.41, 5.74) is 0.525. The number of aromatic nitrogens is 1. The summed E-state index contributed by atoms with van der Waals surface area (Å²) >= 11 is 0. The minimum atomic E-state index is -0.597. The highest BCUT2D eigenvalue weighted by atomic mass is 16.5. The number of esters is 1. The largest absolute Gasteiger partial charge is 0.465 e. The first-order valence-electron chi connectivity index (χ1n) is 6.17. The van der Waals surface area contributed by atoms with Gasteiger partial charge in [-0.2, -0.15) is 0 Å². The van der Waals surface area contributed by atoms with Crippen molar-refractivity contribution >= 4 is 11.9 Å². The predicted molar refractivity (Wildman–Crippen MR) is 73.5 cm³/mol. The van der Waals surface area contributed by atoms with Crippen LogP contribution in [0.1, 0.15) is 47.2 Å². The van der Waals surface area contributed by atoms with Crippen LogP contribution in [0.25, 0.3) is 0 Å². The smallest absolute Gasteiger partial charge is 0.340 e. The Labute approximate surface area is 118 Å². The molecule has 0 aliphatic heterocycles. The summed E-state index contributed by atoms with van der Waals surface area (Å²) in [4.78, 5) is 28.0. The lowest BCUT2D eigenvalue weighted by molar-refractivity contribution is 0.0595. The number of carbonyl (C=O) groups excluding carboxylic acids is 2. The zero-order valence-corrected chi connectivity index (χ0v) is 12.4. The molecule has 1 N–H and O–H groups in total. The summed E-state index contributed by atoms with van der Waals surface area (Å²) in [6, 6.07) is 1.54. The quantitative estimate of drug-likeness (QED) is 0.847. The van der Waals surface area contributed by atoms with Gasteiger partial charge in [-0.15, -0.1) is 0 Å². The number of nitrogens with zero attached hydrogens (tertiary/aromatic N) is 1. The Kier molecular flexibility index (Phi) is 5.21. The van der Waals surface area contributed by atoms with Crippen LogP contribution in [0.4, 0.5) is 0 Å². The highest BCUT2D eigenvalue weighted by Crippen LogP contribution is 2.13. The van der Waals surface area contributed by atoms with Gasteiger partial charge in [0.1, 0.15) is 0 Å². The normalized spacial score (nSPS) is 11.1. The first-order valence-corrected chi connectivity index (χ1v) is 6.17. The molecular weight excluding hydrogens is 260 g/mol. The zero-order chi connectivity index (χ0) is 15.3. The van der Waals surface area contributed by atoms with Crippen LogP contribution in [0.3, 0.4) is 0 Å². The first kappa shape index (κ1) is 16.1. The van der Waals surface area contributed by atoms with Crippen LogP contribution in [-0.2, 0) is 16.1 Å². The number of methoxy groups -OCH3 is 2. The van der Waals surface area contributed by atoms with Crippen molar-refractivity contribution in [3.8, 4) is 0 Å². The summed E-state index contributed by atoms with van der Waals surface area (Å²) in [6.07, 6.45) is 1.33. The molecule has 0 atom stereocenters. The van der Waals surface area contributed by atoms with Gasteiger partial charge in [0.05, 0.1) is 30.5 Å². The minimum absolute atomic E-state index is 0.133. The number of nitrogens with one attached hydrogen (secondary N) is 1. The van der Waals surface area contributed by atoms with Crippen LogP contribution in [0, 0.1) is 0 Å². The molecule has 0 aromatic carbocycles. The van der Waals surface area contributed by atoms with Gasteiger partial charge in [0.25, 0.3) is 5.91 Å². The number of carbonyl (C=O) groups is 2. The van der Waals surface area contributed by atoms with E-state index in [0.29, 0.717) is 5.69 Å². The fraction of sp³-hybridized carbons (Fsp3) is 0.500. The lowest BCUT2D eigenvalue weighted by Gasteiger charge is -2.21. The van der Waals surface area contributed by atoms with Crippen molar-refractivity contribution in [1.82, 2.24) is 10.3 Å². The Bertz CT molecular complexity index is 506. The molecule has 0 aliphatic carbocycles. The van der Waals surface area contributed by atoms with Gasteiger partial charge in [-0.3, -0.25) is 9.78 Å². The van der Waals surface area contributed by atoms with Gasteiger partial charge >= 0.3 is 5.97 Å². The predicted octanol–water partition coefficient (Wildman–Crippen LogP) is 1.54. The van der Waals surface area contributed by atoms with E-state index in [1.165, 1.54) is 26.5 Å².